The quantitative estimate of drug-likeness (QED) is 0.293. The van der Waals surface area contributed by atoms with Gasteiger partial charge in [-0.05, 0) is 43.4 Å². The maximum atomic E-state index is 13.1. The summed E-state index contributed by atoms with van der Waals surface area (Å²) in [5, 5.41) is 14.0. The van der Waals surface area contributed by atoms with Crippen LogP contribution in [0.2, 0.25) is 0 Å². The fraction of sp³-hybridized carbons (Fsp3) is 0.321. The number of para-hydroxylation sites is 1. The monoisotopic (exact) mass is 501 g/mol. The van der Waals surface area contributed by atoms with Gasteiger partial charge in [-0.1, -0.05) is 42.5 Å². The number of H-pyrrole nitrogens is 2. The lowest BCUT2D eigenvalue weighted by Crippen LogP contribution is -2.44. The molecule has 0 radical (unpaired) electrons. The molecule has 2 heterocycles. The highest BCUT2D eigenvalue weighted by Crippen LogP contribution is 2.43. The summed E-state index contributed by atoms with van der Waals surface area (Å²) >= 11 is 0. The van der Waals surface area contributed by atoms with Crippen molar-refractivity contribution in [2.45, 2.75) is 43.6 Å². The topological polar surface area (TPSA) is 125 Å². The van der Waals surface area contributed by atoms with Gasteiger partial charge >= 0.3 is 5.69 Å². The lowest BCUT2D eigenvalue weighted by atomic mass is 9.68. The second kappa shape index (κ2) is 10.4. The van der Waals surface area contributed by atoms with Gasteiger partial charge in [-0.25, -0.2) is 9.78 Å². The Morgan fingerprint density at radius 3 is 2.59 bits per heavy atom. The number of methoxy groups -OCH3 is 1. The second-order valence-corrected chi connectivity index (χ2v) is 9.62. The number of amides is 1. The molecule has 1 saturated carbocycles. The number of hydrogen-bond donors (Lipinski definition) is 4. The van der Waals surface area contributed by atoms with E-state index < -0.39 is 0 Å². The molecule has 192 valence electrons. The van der Waals surface area contributed by atoms with Gasteiger partial charge in [0.2, 0.25) is 5.88 Å². The molecule has 9 nitrogen and oxygen atoms in total. The molecule has 0 unspecified atom stereocenters. The summed E-state index contributed by atoms with van der Waals surface area (Å²) in [4.78, 5) is 35.7. The molecule has 1 aliphatic carbocycles. The van der Waals surface area contributed by atoms with Crippen molar-refractivity contribution in [3.63, 3.8) is 0 Å². The molecule has 0 atom stereocenters. The molecule has 0 saturated heterocycles. The number of aromatic amines is 2. The number of imidazole rings is 2. The van der Waals surface area contributed by atoms with Crippen molar-refractivity contribution < 1.29 is 14.6 Å². The van der Waals surface area contributed by atoms with E-state index in [0.717, 1.165) is 24.1 Å². The predicted molar refractivity (Wildman–Crippen MR) is 139 cm³/mol. The number of benzene rings is 2. The highest BCUT2D eigenvalue weighted by atomic mass is 16.5. The van der Waals surface area contributed by atoms with Gasteiger partial charge in [-0.2, -0.15) is 0 Å². The molecule has 1 fully saturated rings. The van der Waals surface area contributed by atoms with Crippen molar-refractivity contribution >= 4 is 5.91 Å². The Labute approximate surface area is 214 Å². The Balaban J connectivity index is 1.35. The van der Waals surface area contributed by atoms with E-state index in [4.69, 9.17) is 4.74 Å². The third-order valence-electron chi connectivity index (χ3n) is 7.50. The number of nitrogens with one attached hydrogen (secondary N) is 3. The second-order valence-electron chi connectivity index (χ2n) is 9.62. The number of carbonyl (C=O) groups excluding carboxylic acids is 1. The molecular weight excluding hydrogens is 470 g/mol. The normalized spacial score (nSPS) is 19.4. The van der Waals surface area contributed by atoms with Crippen molar-refractivity contribution in [3.05, 3.63) is 100 Å². The summed E-state index contributed by atoms with van der Waals surface area (Å²) in [7, 11) is 1.55. The molecule has 2 aromatic heterocycles. The predicted octanol–water partition coefficient (Wildman–Crippen LogP) is 3.69. The SMILES string of the molecule is COc1ccccc1C(=O)NCC1(c2ccccc2)CCC(n2c(O)c(Cc3cnc[nH]3)[nH]c2=O)CC1. The van der Waals surface area contributed by atoms with Crippen LogP contribution in [0.15, 0.2) is 71.9 Å². The van der Waals surface area contributed by atoms with Crippen molar-refractivity contribution in [2.24, 2.45) is 0 Å². The van der Waals surface area contributed by atoms with Gasteiger partial charge < -0.3 is 25.1 Å². The Kier molecular flexibility index (Phi) is 6.85. The first-order valence-corrected chi connectivity index (χ1v) is 12.5. The van der Waals surface area contributed by atoms with E-state index in [1.54, 1.807) is 31.8 Å². The minimum atomic E-state index is -0.311. The van der Waals surface area contributed by atoms with Crippen molar-refractivity contribution in [1.29, 1.82) is 0 Å². The molecule has 1 aliphatic rings. The summed E-state index contributed by atoms with van der Waals surface area (Å²) in [5.41, 5.74) is 2.33. The highest BCUT2D eigenvalue weighted by Gasteiger charge is 2.39. The third kappa shape index (κ3) is 4.89. The number of aromatic hydroxyl groups is 1. The first-order valence-electron chi connectivity index (χ1n) is 12.5. The minimum Gasteiger partial charge on any atom is -0.496 e. The Bertz CT molecular complexity index is 1400. The average molecular weight is 502 g/mol. The molecule has 0 aliphatic heterocycles. The molecule has 0 bridgehead atoms. The molecule has 4 N–H and O–H groups in total. The number of ether oxygens (including phenoxy) is 1. The van der Waals surface area contributed by atoms with Gasteiger partial charge in [0, 0.05) is 36.3 Å². The summed E-state index contributed by atoms with van der Waals surface area (Å²) in [5.74, 6) is 0.324. The standard InChI is InChI=1S/C28H31N5O4/c1-37-24-10-6-5-9-22(24)25(34)30-17-28(19-7-3-2-4-8-19)13-11-21(12-14-28)33-26(35)23(32-27(33)36)15-20-16-29-18-31-20/h2-10,16,18,21,35H,11-15,17H2,1H3,(H,29,31)(H,30,34)(H,32,36). The van der Waals surface area contributed by atoms with Crippen LogP contribution in [0.25, 0.3) is 0 Å². The van der Waals surface area contributed by atoms with E-state index in [1.807, 2.05) is 30.3 Å². The van der Waals surface area contributed by atoms with Gasteiger partial charge in [0.05, 0.1) is 24.7 Å². The maximum Gasteiger partial charge on any atom is 0.328 e. The van der Waals surface area contributed by atoms with Crippen LogP contribution in [-0.4, -0.2) is 44.2 Å². The zero-order valence-electron chi connectivity index (χ0n) is 20.7. The summed E-state index contributed by atoms with van der Waals surface area (Å²) in [6.07, 6.45) is 6.48. The molecule has 2 aromatic carbocycles. The zero-order chi connectivity index (χ0) is 25.8. The first-order chi connectivity index (χ1) is 18.0. The molecule has 5 rings (SSSR count). The van der Waals surface area contributed by atoms with Gasteiger partial charge in [0.25, 0.3) is 5.91 Å². The lowest BCUT2D eigenvalue weighted by molar-refractivity contribution is 0.0929. The van der Waals surface area contributed by atoms with Gasteiger partial charge in [-0.15, -0.1) is 0 Å². The number of nitrogens with zero attached hydrogens (tertiary/aromatic N) is 2. The fourth-order valence-electron chi connectivity index (χ4n) is 5.47. The largest absolute Gasteiger partial charge is 0.496 e. The van der Waals surface area contributed by atoms with Gasteiger partial charge in [-0.3, -0.25) is 9.36 Å². The van der Waals surface area contributed by atoms with E-state index in [-0.39, 0.29) is 28.9 Å². The van der Waals surface area contributed by atoms with Crippen LogP contribution in [0.4, 0.5) is 0 Å². The molecule has 37 heavy (non-hydrogen) atoms. The lowest BCUT2D eigenvalue weighted by Gasteiger charge is -2.41. The van der Waals surface area contributed by atoms with Gasteiger partial charge in [0.15, 0.2) is 0 Å². The van der Waals surface area contributed by atoms with Crippen LogP contribution in [-0.2, 0) is 11.8 Å². The van der Waals surface area contributed by atoms with E-state index in [0.29, 0.717) is 42.8 Å². The summed E-state index contributed by atoms with van der Waals surface area (Å²) in [6.45, 7) is 0.458. The van der Waals surface area contributed by atoms with Gasteiger partial charge in [0.1, 0.15) is 5.75 Å². The third-order valence-corrected chi connectivity index (χ3v) is 7.50. The first kappa shape index (κ1) is 24.4. The fourth-order valence-corrected chi connectivity index (χ4v) is 5.47. The smallest absolute Gasteiger partial charge is 0.328 e. The Morgan fingerprint density at radius 2 is 1.89 bits per heavy atom. The molecular formula is C28H31N5O4. The van der Waals surface area contributed by atoms with Crippen LogP contribution in [0.1, 0.15) is 59.0 Å². The molecule has 1 amide bonds. The molecule has 9 heteroatoms. The zero-order valence-corrected chi connectivity index (χ0v) is 20.7. The van der Waals surface area contributed by atoms with Crippen molar-refractivity contribution in [1.82, 2.24) is 24.8 Å². The van der Waals surface area contributed by atoms with E-state index >= 15 is 0 Å². The van der Waals surface area contributed by atoms with Crippen molar-refractivity contribution in [2.75, 3.05) is 13.7 Å². The summed E-state index contributed by atoms with van der Waals surface area (Å²) < 4.78 is 6.84. The molecule has 0 spiro atoms. The van der Waals surface area contributed by atoms with Crippen LogP contribution < -0.4 is 15.7 Å². The number of rotatable bonds is 8. The number of carbonyl (C=O) groups is 1. The van der Waals surface area contributed by atoms with E-state index in [1.165, 1.54) is 4.57 Å². The van der Waals surface area contributed by atoms with Crippen LogP contribution in [0, 0.1) is 0 Å². The van der Waals surface area contributed by atoms with E-state index in [2.05, 4.69) is 32.4 Å². The minimum absolute atomic E-state index is 0.0266. The van der Waals surface area contributed by atoms with Crippen LogP contribution >= 0.6 is 0 Å². The summed E-state index contributed by atoms with van der Waals surface area (Å²) in [6, 6.07) is 17.2. The van der Waals surface area contributed by atoms with Crippen LogP contribution in [0.5, 0.6) is 11.6 Å². The maximum absolute atomic E-state index is 13.1. The number of hydrogen-bond acceptors (Lipinski definition) is 5. The van der Waals surface area contributed by atoms with Crippen LogP contribution in [0.3, 0.4) is 0 Å². The van der Waals surface area contributed by atoms with Crippen molar-refractivity contribution in [3.8, 4) is 11.6 Å². The average Bonchev–Trinajstić information content (AvgIpc) is 3.55. The highest BCUT2D eigenvalue weighted by molar-refractivity contribution is 5.96. The van der Waals surface area contributed by atoms with E-state index in [9.17, 15) is 14.7 Å². The Hall–Kier alpha value is -4.27. The molecule has 4 aromatic rings. The Morgan fingerprint density at radius 1 is 1.16 bits per heavy atom. The number of aromatic nitrogens is 4.